The van der Waals surface area contributed by atoms with Gasteiger partial charge in [0.15, 0.2) is 12.4 Å². The third kappa shape index (κ3) is 1.48. The Morgan fingerprint density at radius 3 is 3.22 bits per heavy atom. The number of aromatic nitrogens is 2. The molecule has 0 spiro atoms. The van der Waals surface area contributed by atoms with Gasteiger partial charge >= 0.3 is 6.01 Å². The van der Waals surface area contributed by atoms with Crippen LogP contribution >= 0.6 is 11.6 Å². The van der Waals surface area contributed by atoms with Crippen molar-refractivity contribution in [3.8, 4) is 6.01 Å². The molecule has 0 aromatic carbocycles. The Morgan fingerprint density at radius 1 is 1.72 bits per heavy atom. The van der Waals surface area contributed by atoms with E-state index in [1.165, 1.54) is 16.8 Å². The molecule has 5 nitrogen and oxygen atoms in total. The van der Waals surface area contributed by atoms with Gasteiger partial charge in [-0.25, -0.2) is 4.39 Å². The van der Waals surface area contributed by atoms with E-state index >= 15 is 0 Å². The van der Waals surface area contributed by atoms with Crippen molar-refractivity contribution in [1.29, 1.82) is 0 Å². The van der Waals surface area contributed by atoms with Crippen molar-refractivity contribution >= 4 is 11.6 Å². The van der Waals surface area contributed by atoms with E-state index in [1.807, 2.05) is 0 Å². The molecule has 18 heavy (non-hydrogen) atoms. The normalized spacial score (nSPS) is 37.8. The summed E-state index contributed by atoms with van der Waals surface area (Å²) >= 11 is 5.91. The second kappa shape index (κ2) is 3.93. The van der Waals surface area contributed by atoms with Crippen molar-refractivity contribution in [2.75, 3.05) is 12.5 Å². The Hall–Kier alpha value is -1.14. The van der Waals surface area contributed by atoms with Crippen LogP contribution in [0.4, 0.5) is 4.39 Å². The Kier molecular flexibility index (Phi) is 2.60. The van der Waals surface area contributed by atoms with Crippen molar-refractivity contribution < 1.29 is 13.9 Å². The Bertz CT molecular complexity index is 537. The van der Waals surface area contributed by atoms with Gasteiger partial charge in [-0.2, -0.15) is 4.98 Å². The lowest BCUT2D eigenvalue weighted by Crippen LogP contribution is -2.44. The predicted molar refractivity (Wildman–Crippen MR) is 61.6 cm³/mol. The van der Waals surface area contributed by atoms with Gasteiger partial charge in [-0.1, -0.05) is 6.92 Å². The number of fused-ring (bicyclic) bond motifs is 4. The van der Waals surface area contributed by atoms with Crippen LogP contribution in [-0.2, 0) is 4.74 Å². The molecule has 1 saturated heterocycles. The molecule has 0 saturated carbocycles. The predicted octanol–water partition coefficient (Wildman–Crippen LogP) is 1.12. The highest BCUT2D eigenvalue weighted by molar-refractivity contribution is 6.18. The first-order valence-electron chi connectivity index (χ1n) is 5.67. The zero-order valence-corrected chi connectivity index (χ0v) is 10.4. The van der Waals surface area contributed by atoms with Crippen molar-refractivity contribution in [3.05, 3.63) is 22.6 Å². The molecule has 1 fully saturated rings. The maximum atomic E-state index is 14.3. The van der Waals surface area contributed by atoms with Crippen LogP contribution in [0.15, 0.2) is 17.1 Å². The molecular weight excluding hydrogens is 263 g/mol. The molecule has 0 amide bonds. The zero-order chi connectivity index (χ0) is 12.9. The molecule has 3 rings (SSSR count). The van der Waals surface area contributed by atoms with E-state index in [0.717, 1.165) is 0 Å². The summed E-state index contributed by atoms with van der Waals surface area (Å²) in [6.07, 6.45) is -0.621. The molecule has 0 unspecified atom stereocenters. The number of hydrogen-bond donors (Lipinski definition) is 0. The molecular formula is C11H12ClFN2O3. The molecule has 2 aliphatic rings. The van der Waals surface area contributed by atoms with E-state index in [2.05, 4.69) is 4.98 Å². The van der Waals surface area contributed by atoms with Gasteiger partial charge in [0.25, 0.3) is 5.56 Å². The summed E-state index contributed by atoms with van der Waals surface area (Å²) in [5.74, 6) is -0.253. The summed E-state index contributed by atoms with van der Waals surface area (Å²) in [5.41, 5.74) is -1.30. The average molecular weight is 275 g/mol. The van der Waals surface area contributed by atoms with Crippen LogP contribution in [0, 0.1) is 5.92 Å². The maximum absolute atomic E-state index is 14.3. The largest absolute Gasteiger partial charge is 0.461 e. The van der Waals surface area contributed by atoms with Crippen LogP contribution in [0.5, 0.6) is 6.01 Å². The molecule has 98 valence electrons. The summed E-state index contributed by atoms with van der Waals surface area (Å²) in [5, 5.41) is 0. The van der Waals surface area contributed by atoms with Crippen LogP contribution in [-0.4, -0.2) is 33.8 Å². The van der Waals surface area contributed by atoms with Crippen molar-refractivity contribution in [1.82, 2.24) is 9.55 Å². The molecule has 0 N–H and O–H groups in total. The summed E-state index contributed by atoms with van der Waals surface area (Å²) < 4.78 is 26.9. The van der Waals surface area contributed by atoms with E-state index in [0.29, 0.717) is 0 Å². The van der Waals surface area contributed by atoms with Crippen LogP contribution in [0.3, 0.4) is 0 Å². The highest BCUT2D eigenvalue weighted by Gasteiger charge is 2.56. The second-order valence-electron chi connectivity index (χ2n) is 4.68. The van der Waals surface area contributed by atoms with Gasteiger partial charge in [-0.05, 0) is 0 Å². The maximum Gasteiger partial charge on any atom is 0.302 e. The summed E-state index contributed by atoms with van der Waals surface area (Å²) in [4.78, 5) is 14.9. The molecule has 2 aliphatic heterocycles. The highest BCUT2D eigenvalue weighted by Crippen LogP contribution is 2.46. The van der Waals surface area contributed by atoms with Gasteiger partial charge in [0.1, 0.15) is 12.2 Å². The molecule has 3 heterocycles. The van der Waals surface area contributed by atoms with Gasteiger partial charge in [0.05, 0.1) is 5.88 Å². The highest BCUT2D eigenvalue weighted by atomic mass is 35.5. The first kappa shape index (κ1) is 11.9. The molecule has 0 aliphatic carbocycles. The first-order chi connectivity index (χ1) is 8.57. The van der Waals surface area contributed by atoms with Crippen molar-refractivity contribution in [2.45, 2.75) is 24.9 Å². The molecule has 1 aromatic rings. The number of nitrogens with zero attached hydrogens (tertiary/aromatic N) is 2. The number of alkyl halides is 2. The second-order valence-corrected chi connectivity index (χ2v) is 4.95. The Morgan fingerprint density at radius 2 is 2.50 bits per heavy atom. The van der Waals surface area contributed by atoms with Crippen LogP contribution < -0.4 is 10.3 Å². The number of hydrogen-bond acceptors (Lipinski definition) is 4. The summed E-state index contributed by atoms with van der Waals surface area (Å²) in [6.45, 7) is 1.84. The van der Waals surface area contributed by atoms with E-state index in [1.54, 1.807) is 6.92 Å². The fourth-order valence-corrected chi connectivity index (χ4v) is 2.79. The minimum absolute atomic E-state index is 0.0778. The monoisotopic (exact) mass is 274 g/mol. The van der Waals surface area contributed by atoms with Gasteiger partial charge < -0.3 is 9.47 Å². The smallest absolute Gasteiger partial charge is 0.302 e. The fraction of sp³-hybridized carbons (Fsp3) is 0.636. The molecule has 0 radical (unpaired) electrons. The summed E-state index contributed by atoms with van der Waals surface area (Å²) in [7, 11) is 0. The third-order valence-electron chi connectivity index (χ3n) is 3.69. The lowest BCUT2D eigenvalue weighted by atomic mass is 9.89. The number of rotatable bonds is 1. The molecule has 7 heteroatoms. The number of halogens is 2. The topological polar surface area (TPSA) is 53.4 Å². The Labute approximate surface area is 107 Å². The SMILES string of the molecule is C[C@H]1[C@@H](F)[C@H]2O[C@]1(CCl)COc1nc(=O)ccn12. The van der Waals surface area contributed by atoms with E-state index in [4.69, 9.17) is 21.1 Å². The van der Waals surface area contributed by atoms with Crippen LogP contribution in [0.2, 0.25) is 0 Å². The lowest BCUT2D eigenvalue weighted by Gasteiger charge is -2.28. The van der Waals surface area contributed by atoms with Crippen molar-refractivity contribution in [2.24, 2.45) is 5.92 Å². The van der Waals surface area contributed by atoms with Gasteiger partial charge in [-0.3, -0.25) is 9.36 Å². The van der Waals surface area contributed by atoms with Gasteiger partial charge in [-0.15, -0.1) is 11.6 Å². The van der Waals surface area contributed by atoms with Gasteiger partial charge in [0, 0.05) is 18.2 Å². The third-order valence-corrected chi connectivity index (χ3v) is 4.14. The standard InChI is InChI=1S/C11H12ClFN2O3/c1-6-8(13)9-15-3-2-7(16)14-10(15)17-5-11(6,4-12)18-9/h2-3,6,8-9H,4-5H2,1H3/t6-,8+,9+,11+/m0/s1. The lowest BCUT2D eigenvalue weighted by molar-refractivity contribution is -0.0761. The van der Waals surface area contributed by atoms with E-state index in [9.17, 15) is 9.18 Å². The minimum Gasteiger partial charge on any atom is -0.461 e. The van der Waals surface area contributed by atoms with Crippen LogP contribution in [0.1, 0.15) is 13.2 Å². The first-order valence-corrected chi connectivity index (χ1v) is 6.21. The van der Waals surface area contributed by atoms with Crippen molar-refractivity contribution in [3.63, 3.8) is 0 Å². The molecule has 2 bridgehead atoms. The fourth-order valence-electron chi connectivity index (χ4n) is 2.40. The quantitative estimate of drug-likeness (QED) is 0.720. The van der Waals surface area contributed by atoms with E-state index < -0.39 is 23.6 Å². The zero-order valence-electron chi connectivity index (χ0n) is 9.68. The average Bonchev–Trinajstić information content (AvgIpc) is 2.54. The minimum atomic E-state index is -1.21. The van der Waals surface area contributed by atoms with Crippen LogP contribution in [0.25, 0.3) is 0 Å². The van der Waals surface area contributed by atoms with Gasteiger partial charge in [0.2, 0.25) is 0 Å². The Balaban J connectivity index is 2.11. The number of ether oxygens (including phenoxy) is 2. The molecule has 4 atom stereocenters. The van der Waals surface area contributed by atoms with E-state index in [-0.39, 0.29) is 24.4 Å². The summed E-state index contributed by atoms with van der Waals surface area (Å²) in [6, 6.07) is 1.33. The molecule has 1 aromatic heterocycles.